The van der Waals surface area contributed by atoms with E-state index < -0.39 is 0 Å². The zero-order chi connectivity index (χ0) is 10.2. The summed E-state index contributed by atoms with van der Waals surface area (Å²) in [4.78, 5) is 0. The van der Waals surface area contributed by atoms with Crippen LogP contribution in [0.5, 0.6) is 0 Å². The first-order valence-electron chi connectivity index (χ1n) is 5.09. The third-order valence-corrected chi connectivity index (χ3v) is 2.43. The first-order valence-corrected chi connectivity index (χ1v) is 5.09. The second kappa shape index (κ2) is 6.77. The van der Waals surface area contributed by atoms with Gasteiger partial charge in [-0.15, -0.1) is 0 Å². The molecule has 0 spiro atoms. The maximum absolute atomic E-state index is 8.65. The van der Waals surface area contributed by atoms with Crippen molar-refractivity contribution >= 4 is 0 Å². The monoisotopic (exact) mass is 198 g/mol. The van der Waals surface area contributed by atoms with E-state index in [2.05, 4.69) is 11.4 Å². The molecule has 2 unspecified atom stereocenters. The highest BCUT2D eigenvalue weighted by molar-refractivity contribution is 4.88. The van der Waals surface area contributed by atoms with Crippen LogP contribution >= 0.6 is 0 Å². The molecule has 1 saturated heterocycles. The van der Waals surface area contributed by atoms with Crippen LogP contribution < -0.4 is 5.32 Å². The van der Waals surface area contributed by atoms with Gasteiger partial charge >= 0.3 is 0 Å². The fourth-order valence-electron chi connectivity index (χ4n) is 1.44. The standard InChI is InChI=1S/C10H18N2O2/c1-12-10(6-11)3-5-14-8-9-2-4-13-7-9/h9-10,12H,2-5,7-8H2,1H3. The fourth-order valence-corrected chi connectivity index (χ4v) is 1.44. The molecule has 0 bridgehead atoms. The highest BCUT2D eigenvalue weighted by Gasteiger charge is 2.15. The minimum Gasteiger partial charge on any atom is -0.381 e. The fraction of sp³-hybridized carbons (Fsp3) is 0.900. The van der Waals surface area contributed by atoms with Crippen LogP contribution in [-0.4, -0.2) is 39.5 Å². The molecule has 0 saturated carbocycles. The lowest BCUT2D eigenvalue weighted by Gasteiger charge is -2.10. The van der Waals surface area contributed by atoms with Gasteiger partial charge in [0.05, 0.1) is 25.3 Å². The van der Waals surface area contributed by atoms with Gasteiger partial charge in [-0.05, 0) is 19.9 Å². The lowest BCUT2D eigenvalue weighted by atomic mass is 10.1. The molecular weight excluding hydrogens is 180 g/mol. The summed E-state index contributed by atoms with van der Waals surface area (Å²) in [6.07, 6.45) is 1.86. The van der Waals surface area contributed by atoms with Crippen LogP contribution in [0.15, 0.2) is 0 Å². The van der Waals surface area contributed by atoms with Gasteiger partial charge < -0.3 is 14.8 Å². The molecule has 0 amide bonds. The van der Waals surface area contributed by atoms with E-state index in [1.807, 2.05) is 0 Å². The average Bonchev–Trinajstić information content (AvgIpc) is 2.71. The van der Waals surface area contributed by atoms with E-state index in [-0.39, 0.29) is 6.04 Å². The normalized spacial score (nSPS) is 23.3. The van der Waals surface area contributed by atoms with E-state index >= 15 is 0 Å². The van der Waals surface area contributed by atoms with Crippen LogP contribution in [0.3, 0.4) is 0 Å². The molecule has 14 heavy (non-hydrogen) atoms. The largest absolute Gasteiger partial charge is 0.381 e. The van der Waals surface area contributed by atoms with Crippen molar-refractivity contribution in [2.24, 2.45) is 5.92 Å². The van der Waals surface area contributed by atoms with Gasteiger partial charge in [-0.2, -0.15) is 5.26 Å². The Morgan fingerprint density at radius 1 is 1.71 bits per heavy atom. The highest BCUT2D eigenvalue weighted by atomic mass is 16.5. The molecule has 0 aliphatic carbocycles. The summed E-state index contributed by atoms with van der Waals surface area (Å²) in [6, 6.07) is 2.08. The number of rotatable bonds is 6. The van der Waals surface area contributed by atoms with E-state index in [9.17, 15) is 0 Å². The average molecular weight is 198 g/mol. The van der Waals surface area contributed by atoms with E-state index in [0.29, 0.717) is 12.5 Å². The Morgan fingerprint density at radius 2 is 2.57 bits per heavy atom. The first kappa shape index (κ1) is 11.4. The van der Waals surface area contributed by atoms with E-state index in [0.717, 1.165) is 32.7 Å². The molecule has 1 rings (SSSR count). The molecule has 1 aliphatic rings. The summed E-state index contributed by atoms with van der Waals surface area (Å²) in [7, 11) is 1.79. The summed E-state index contributed by atoms with van der Waals surface area (Å²) in [5, 5.41) is 11.6. The quantitative estimate of drug-likeness (QED) is 0.633. The van der Waals surface area contributed by atoms with Crippen molar-refractivity contribution in [3.63, 3.8) is 0 Å². The van der Waals surface area contributed by atoms with Crippen LogP contribution in [0.2, 0.25) is 0 Å². The Hall–Kier alpha value is -0.630. The van der Waals surface area contributed by atoms with E-state index in [1.165, 1.54) is 0 Å². The molecule has 1 aliphatic heterocycles. The van der Waals surface area contributed by atoms with Crippen LogP contribution in [0, 0.1) is 17.2 Å². The topological polar surface area (TPSA) is 54.3 Å². The maximum atomic E-state index is 8.65. The summed E-state index contributed by atoms with van der Waals surface area (Å²) in [5.41, 5.74) is 0. The molecule has 0 aromatic heterocycles. The lowest BCUT2D eigenvalue weighted by Crippen LogP contribution is -2.25. The van der Waals surface area contributed by atoms with Crippen molar-refractivity contribution in [1.82, 2.24) is 5.32 Å². The second-order valence-electron chi connectivity index (χ2n) is 3.56. The predicted molar refractivity (Wildman–Crippen MR) is 52.8 cm³/mol. The Labute approximate surface area is 85.2 Å². The molecule has 4 nitrogen and oxygen atoms in total. The van der Waals surface area contributed by atoms with Gasteiger partial charge in [0, 0.05) is 19.1 Å². The van der Waals surface area contributed by atoms with Crippen molar-refractivity contribution in [2.75, 3.05) is 33.5 Å². The van der Waals surface area contributed by atoms with Crippen LogP contribution in [0.1, 0.15) is 12.8 Å². The minimum atomic E-state index is -0.0881. The Kier molecular flexibility index (Phi) is 5.53. The van der Waals surface area contributed by atoms with Gasteiger partial charge in [0.15, 0.2) is 0 Å². The first-order chi connectivity index (χ1) is 6.86. The van der Waals surface area contributed by atoms with Crippen molar-refractivity contribution < 1.29 is 9.47 Å². The predicted octanol–water partition coefficient (Wildman–Crippen LogP) is 0.541. The SMILES string of the molecule is CNC(C#N)CCOCC1CCOC1. The Balaban J connectivity index is 1.96. The third kappa shape index (κ3) is 4.05. The Morgan fingerprint density at radius 3 is 3.14 bits per heavy atom. The number of nitrogens with one attached hydrogen (secondary N) is 1. The van der Waals surface area contributed by atoms with Crippen molar-refractivity contribution in [3.8, 4) is 6.07 Å². The van der Waals surface area contributed by atoms with Crippen LogP contribution in [0.4, 0.5) is 0 Å². The summed E-state index contributed by atoms with van der Waals surface area (Å²) < 4.78 is 10.7. The molecule has 0 aromatic carbocycles. The highest BCUT2D eigenvalue weighted by Crippen LogP contribution is 2.12. The number of ether oxygens (including phenoxy) is 2. The van der Waals surface area contributed by atoms with Crippen molar-refractivity contribution in [2.45, 2.75) is 18.9 Å². The molecular formula is C10H18N2O2. The van der Waals surface area contributed by atoms with Gasteiger partial charge in [0.25, 0.3) is 0 Å². The molecule has 1 N–H and O–H groups in total. The zero-order valence-corrected chi connectivity index (χ0v) is 8.66. The van der Waals surface area contributed by atoms with E-state index in [1.54, 1.807) is 7.05 Å². The summed E-state index contributed by atoms with van der Waals surface area (Å²) in [5.74, 6) is 0.560. The molecule has 80 valence electrons. The third-order valence-electron chi connectivity index (χ3n) is 2.43. The minimum absolute atomic E-state index is 0.0881. The maximum Gasteiger partial charge on any atom is 0.0972 e. The van der Waals surface area contributed by atoms with Crippen molar-refractivity contribution in [1.29, 1.82) is 5.26 Å². The molecule has 4 heteroatoms. The van der Waals surface area contributed by atoms with Crippen LogP contribution in [-0.2, 0) is 9.47 Å². The second-order valence-corrected chi connectivity index (χ2v) is 3.56. The van der Waals surface area contributed by atoms with Crippen molar-refractivity contribution in [3.05, 3.63) is 0 Å². The Bertz CT molecular complexity index is 185. The molecule has 2 atom stereocenters. The lowest BCUT2D eigenvalue weighted by molar-refractivity contribution is 0.0862. The van der Waals surface area contributed by atoms with Gasteiger partial charge in [0.1, 0.15) is 0 Å². The molecule has 1 fully saturated rings. The van der Waals surface area contributed by atoms with Gasteiger partial charge in [-0.25, -0.2) is 0 Å². The zero-order valence-electron chi connectivity index (χ0n) is 8.66. The number of hydrogen-bond acceptors (Lipinski definition) is 4. The van der Waals surface area contributed by atoms with Crippen LogP contribution in [0.25, 0.3) is 0 Å². The number of nitrogens with zero attached hydrogens (tertiary/aromatic N) is 1. The summed E-state index contributed by atoms with van der Waals surface area (Å²) >= 11 is 0. The van der Waals surface area contributed by atoms with Gasteiger partial charge in [0.2, 0.25) is 0 Å². The number of hydrogen-bond donors (Lipinski definition) is 1. The molecule has 0 radical (unpaired) electrons. The molecule has 1 heterocycles. The van der Waals surface area contributed by atoms with E-state index in [4.69, 9.17) is 14.7 Å². The van der Waals surface area contributed by atoms with Gasteiger partial charge in [-0.1, -0.05) is 0 Å². The smallest absolute Gasteiger partial charge is 0.0972 e. The number of nitriles is 1. The summed E-state index contributed by atoms with van der Waals surface area (Å²) in [6.45, 7) is 3.11. The van der Waals surface area contributed by atoms with Gasteiger partial charge in [-0.3, -0.25) is 0 Å². The molecule has 0 aromatic rings.